The highest BCUT2D eigenvalue weighted by Crippen LogP contribution is 2.51. The first-order valence-corrected chi connectivity index (χ1v) is 16.3. The zero-order chi connectivity index (χ0) is 30.1. The van der Waals surface area contributed by atoms with E-state index in [9.17, 15) is 0 Å². The minimum atomic E-state index is -0.0511. The van der Waals surface area contributed by atoms with E-state index in [4.69, 9.17) is 0 Å². The standard InChI is InChI=1S/C42H30N2S/c1-42(2)35-16-7-6-15-31(35)32-25-34-33-24-29(18-19-38(33)44(39(34)26-36(32)42)30-13-4-3-5-14-30)41-21-20-40(45-41)28-12-10-11-27(23-28)37-17-8-9-22-43-37/h3-26H,1-2H3. The molecule has 45 heavy (non-hydrogen) atoms. The first-order chi connectivity index (χ1) is 22.1. The van der Waals surface area contributed by atoms with Crippen LogP contribution in [0.4, 0.5) is 0 Å². The second kappa shape index (κ2) is 9.88. The summed E-state index contributed by atoms with van der Waals surface area (Å²) < 4.78 is 2.44. The van der Waals surface area contributed by atoms with E-state index in [0.29, 0.717) is 0 Å². The van der Waals surface area contributed by atoms with Crippen LogP contribution >= 0.6 is 11.3 Å². The lowest BCUT2D eigenvalue weighted by Gasteiger charge is -2.21. The van der Waals surface area contributed by atoms with Gasteiger partial charge in [-0.3, -0.25) is 4.98 Å². The molecule has 3 aromatic heterocycles. The number of hydrogen-bond donors (Lipinski definition) is 0. The van der Waals surface area contributed by atoms with Crippen LogP contribution in [0.3, 0.4) is 0 Å². The van der Waals surface area contributed by atoms with E-state index in [1.165, 1.54) is 70.6 Å². The van der Waals surface area contributed by atoms with Crippen LogP contribution in [0.2, 0.25) is 0 Å². The number of rotatable bonds is 4. The molecule has 0 spiro atoms. The van der Waals surface area contributed by atoms with Crippen LogP contribution in [0.25, 0.3) is 70.8 Å². The van der Waals surface area contributed by atoms with Gasteiger partial charge < -0.3 is 4.57 Å². The fourth-order valence-corrected chi connectivity index (χ4v) is 8.23. The highest BCUT2D eigenvalue weighted by atomic mass is 32.1. The van der Waals surface area contributed by atoms with E-state index < -0.39 is 0 Å². The van der Waals surface area contributed by atoms with Crippen molar-refractivity contribution in [1.82, 2.24) is 9.55 Å². The molecule has 0 fully saturated rings. The van der Waals surface area contributed by atoms with Crippen LogP contribution in [0.1, 0.15) is 25.0 Å². The minimum Gasteiger partial charge on any atom is -0.309 e. The highest BCUT2D eigenvalue weighted by molar-refractivity contribution is 7.18. The first-order valence-electron chi connectivity index (χ1n) is 15.5. The van der Waals surface area contributed by atoms with E-state index in [-0.39, 0.29) is 5.41 Å². The summed E-state index contributed by atoms with van der Waals surface area (Å²) in [5.74, 6) is 0. The Labute approximate surface area is 266 Å². The summed E-state index contributed by atoms with van der Waals surface area (Å²) in [6.45, 7) is 4.72. The molecule has 5 aromatic carbocycles. The number of pyridine rings is 1. The van der Waals surface area contributed by atoms with Crippen molar-refractivity contribution in [2.45, 2.75) is 19.3 Å². The summed E-state index contributed by atoms with van der Waals surface area (Å²) >= 11 is 1.84. The molecule has 3 heterocycles. The topological polar surface area (TPSA) is 17.8 Å². The Bertz CT molecular complexity index is 2390. The third-order valence-electron chi connectivity index (χ3n) is 9.48. The molecule has 8 aromatic rings. The molecule has 2 nitrogen and oxygen atoms in total. The minimum absolute atomic E-state index is 0.0511. The van der Waals surface area contributed by atoms with Crippen LogP contribution in [-0.2, 0) is 5.41 Å². The highest BCUT2D eigenvalue weighted by Gasteiger charge is 2.36. The van der Waals surface area contributed by atoms with Crippen molar-refractivity contribution < 1.29 is 0 Å². The third-order valence-corrected chi connectivity index (χ3v) is 10.7. The molecular weight excluding hydrogens is 565 g/mol. The molecule has 0 atom stereocenters. The van der Waals surface area contributed by atoms with Crippen LogP contribution in [-0.4, -0.2) is 9.55 Å². The normalized spacial score (nSPS) is 13.3. The van der Waals surface area contributed by atoms with Crippen molar-refractivity contribution in [1.29, 1.82) is 0 Å². The van der Waals surface area contributed by atoms with Gasteiger partial charge in [0.05, 0.1) is 16.7 Å². The molecule has 0 saturated heterocycles. The SMILES string of the molecule is CC1(C)c2ccccc2-c2cc3c4cc(-c5ccc(-c6cccc(-c7ccccn7)c6)s5)ccc4n(-c4ccccc4)c3cc21. The molecule has 214 valence electrons. The zero-order valence-electron chi connectivity index (χ0n) is 25.2. The Hall–Kier alpha value is -5.25. The van der Waals surface area contributed by atoms with Crippen LogP contribution in [0, 0.1) is 0 Å². The Morgan fingerprint density at radius 1 is 0.533 bits per heavy atom. The van der Waals surface area contributed by atoms with E-state index in [2.05, 4.69) is 151 Å². The Morgan fingerprint density at radius 2 is 1.27 bits per heavy atom. The van der Waals surface area contributed by atoms with E-state index in [1.54, 1.807) is 0 Å². The second-order valence-corrected chi connectivity index (χ2v) is 13.5. The fraction of sp³-hybridized carbons (Fsp3) is 0.0714. The molecule has 0 aliphatic heterocycles. The average Bonchev–Trinajstić information content (AvgIpc) is 3.77. The van der Waals surface area contributed by atoms with Gasteiger partial charge in [-0.2, -0.15) is 0 Å². The maximum Gasteiger partial charge on any atom is 0.0702 e. The van der Waals surface area contributed by atoms with Crippen molar-refractivity contribution in [2.75, 3.05) is 0 Å². The number of aromatic nitrogens is 2. The number of hydrogen-bond acceptors (Lipinski definition) is 2. The summed E-state index contributed by atoms with van der Waals surface area (Å²) in [7, 11) is 0. The summed E-state index contributed by atoms with van der Waals surface area (Å²) in [5, 5.41) is 2.57. The van der Waals surface area contributed by atoms with Gasteiger partial charge in [-0.1, -0.05) is 86.6 Å². The van der Waals surface area contributed by atoms with Gasteiger partial charge in [0.15, 0.2) is 0 Å². The Morgan fingerprint density at radius 3 is 2.09 bits per heavy atom. The van der Waals surface area contributed by atoms with Crippen molar-refractivity contribution >= 4 is 33.1 Å². The maximum absolute atomic E-state index is 4.56. The predicted octanol–water partition coefficient (Wildman–Crippen LogP) is 11.5. The van der Waals surface area contributed by atoms with Gasteiger partial charge >= 0.3 is 0 Å². The molecule has 0 saturated carbocycles. The second-order valence-electron chi connectivity index (χ2n) is 12.4. The molecule has 0 bridgehead atoms. The number of thiophene rings is 1. The third kappa shape index (κ3) is 4.04. The lowest BCUT2D eigenvalue weighted by molar-refractivity contribution is 0.661. The van der Waals surface area contributed by atoms with E-state index in [1.807, 2.05) is 29.7 Å². The number of fused-ring (bicyclic) bond motifs is 6. The van der Waals surface area contributed by atoms with E-state index >= 15 is 0 Å². The van der Waals surface area contributed by atoms with Crippen LogP contribution < -0.4 is 0 Å². The molecule has 0 unspecified atom stereocenters. The average molecular weight is 595 g/mol. The smallest absolute Gasteiger partial charge is 0.0702 e. The van der Waals surface area contributed by atoms with Gasteiger partial charge in [-0.25, -0.2) is 0 Å². The van der Waals surface area contributed by atoms with Crippen molar-refractivity contribution in [2.24, 2.45) is 0 Å². The lowest BCUT2D eigenvalue weighted by atomic mass is 9.82. The summed E-state index contributed by atoms with van der Waals surface area (Å²) in [4.78, 5) is 7.08. The van der Waals surface area contributed by atoms with Gasteiger partial charge in [-0.05, 0) is 100 Å². The van der Waals surface area contributed by atoms with Crippen LogP contribution in [0.15, 0.2) is 146 Å². The quantitative estimate of drug-likeness (QED) is 0.198. The van der Waals surface area contributed by atoms with Gasteiger partial charge in [0, 0.05) is 43.4 Å². The van der Waals surface area contributed by atoms with Crippen LogP contribution in [0.5, 0.6) is 0 Å². The summed E-state index contributed by atoms with van der Waals surface area (Å²) in [6, 6.07) is 50.9. The molecule has 1 aliphatic rings. The van der Waals surface area contributed by atoms with Crippen molar-refractivity contribution in [3.63, 3.8) is 0 Å². The predicted molar refractivity (Wildman–Crippen MR) is 190 cm³/mol. The number of benzene rings is 5. The fourth-order valence-electron chi connectivity index (χ4n) is 7.24. The van der Waals surface area contributed by atoms with Crippen molar-refractivity contribution in [3.8, 4) is 49.0 Å². The van der Waals surface area contributed by atoms with Gasteiger partial charge in [0.1, 0.15) is 0 Å². The molecule has 1 aliphatic carbocycles. The lowest BCUT2D eigenvalue weighted by Crippen LogP contribution is -2.14. The number of para-hydroxylation sites is 1. The Balaban J connectivity index is 1.22. The monoisotopic (exact) mass is 594 g/mol. The van der Waals surface area contributed by atoms with Gasteiger partial charge in [-0.15, -0.1) is 11.3 Å². The molecule has 0 radical (unpaired) electrons. The maximum atomic E-state index is 4.56. The molecule has 9 rings (SSSR count). The molecule has 0 N–H and O–H groups in total. The van der Waals surface area contributed by atoms with Crippen molar-refractivity contribution in [3.05, 3.63) is 157 Å². The molecular formula is C42H30N2S. The zero-order valence-corrected chi connectivity index (χ0v) is 26.0. The number of nitrogens with zero attached hydrogens (tertiary/aromatic N) is 2. The molecule has 0 amide bonds. The summed E-state index contributed by atoms with van der Waals surface area (Å²) in [6.07, 6.45) is 1.85. The van der Waals surface area contributed by atoms with Gasteiger partial charge in [0.2, 0.25) is 0 Å². The summed E-state index contributed by atoms with van der Waals surface area (Å²) in [5.41, 5.74) is 13.7. The van der Waals surface area contributed by atoms with E-state index in [0.717, 1.165) is 11.3 Å². The molecule has 3 heteroatoms. The first kappa shape index (κ1) is 26.2. The largest absolute Gasteiger partial charge is 0.309 e. The van der Waals surface area contributed by atoms with Gasteiger partial charge in [0.25, 0.3) is 0 Å². The Kier molecular flexibility index (Phi) is 5.75.